The van der Waals surface area contributed by atoms with Gasteiger partial charge in [0.05, 0.1) is 25.0 Å². The summed E-state index contributed by atoms with van der Waals surface area (Å²) < 4.78 is 46.7. The molecular weight excluding hydrogens is 373 g/mol. The molecule has 1 atom stereocenters. The summed E-state index contributed by atoms with van der Waals surface area (Å²) in [5.74, 6) is -1.61. The zero-order valence-corrected chi connectivity index (χ0v) is 15.8. The first kappa shape index (κ1) is 20.3. The van der Waals surface area contributed by atoms with Crippen LogP contribution in [0.3, 0.4) is 0 Å². The number of esters is 1. The predicted octanol–water partition coefficient (Wildman–Crippen LogP) is 3.13. The van der Waals surface area contributed by atoms with Crippen molar-refractivity contribution in [1.29, 1.82) is 0 Å². The Labute approximate surface area is 161 Å². The van der Waals surface area contributed by atoms with Crippen LogP contribution in [0.4, 0.5) is 19.1 Å². The Morgan fingerprint density at radius 3 is 2.64 bits per heavy atom. The van der Waals surface area contributed by atoms with Crippen LogP contribution in [-0.2, 0) is 16.1 Å². The maximum atomic E-state index is 13.3. The predicted molar refractivity (Wildman–Crippen MR) is 97.9 cm³/mol. The molecule has 1 aliphatic carbocycles. The van der Waals surface area contributed by atoms with E-state index in [1.807, 2.05) is 4.90 Å². The van der Waals surface area contributed by atoms with E-state index < -0.39 is 12.1 Å². The fourth-order valence-corrected chi connectivity index (χ4v) is 3.70. The van der Waals surface area contributed by atoms with Crippen LogP contribution in [0.15, 0.2) is 35.8 Å². The first-order valence-electron chi connectivity index (χ1n) is 9.45. The van der Waals surface area contributed by atoms with Crippen molar-refractivity contribution in [2.45, 2.75) is 38.9 Å². The maximum Gasteiger partial charge on any atom is 0.395 e. The third-order valence-electron chi connectivity index (χ3n) is 5.27. The number of piperidine rings is 1. The molecule has 1 unspecified atom stereocenters. The van der Waals surface area contributed by atoms with Crippen LogP contribution < -0.4 is 5.73 Å². The van der Waals surface area contributed by atoms with Crippen LogP contribution in [-0.4, -0.2) is 46.3 Å². The van der Waals surface area contributed by atoms with Crippen molar-refractivity contribution < 1.29 is 22.7 Å². The second-order valence-corrected chi connectivity index (χ2v) is 7.09. The molecule has 0 radical (unpaired) electrons. The van der Waals surface area contributed by atoms with E-state index in [0.717, 1.165) is 5.57 Å². The number of hydrogen-bond acceptors (Lipinski definition) is 5. The molecule has 6 nitrogen and oxygen atoms in total. The quantitative estimate of drug-likeness (QED) is 0.772. The van der Waals surface area contributed by atoms with Crippen molar-refractivity contribution >= 4 is 11.9 Å². The smallest absolute Gasteiger partial charge is 0.395 e. The van der Waals surface area contributed by atoms with Crippen molar-refractivity contribution in [3.63, 3.8) is 0 Å². The Bertz CT molecular complexity index is 761. The number of imidazole rings is 1. The lowest BCUT2D eigenvalue weighted by molar-refractivity contribution is -0.160. The zero-order valence-electron chi connectivity index (χ0n) is 15.8. The number of likely N-dealkylation sites (tertiary alicyclic amines) is 1. The Kier molecular flexibility index (Phi) is 6.00. The molecule has 1 fully saturated rings. The van der Waals surface area contributed by atoms with Gasteiger partial charge in [-0.1, -0.05) is 6.08 Å². The molecule has 2 aliphatic rings. The van der Waals surface area contributed by atoms with E-state index in [0.29, 0.717) is 50.7 Å². The summed E-state index contributed by atoms with van der Waals surface area (Å²) in [5.41, 5.74) is 7.18. The van der Waals surface area contributed by atoms with E-state index in [-0.39, 0.29) is 18.3 Å². The molecule has 3 rings (SSSR count). The Morgan fingerprint density at radius 2 is 2.07 bits per heavy atom. The van der Waals surface area contributed by atoms with Crippen LogP contribution in [0, 0.1) is 11.8 Å². The molecule has 0 saturated carbocycles. The first-order chi connectivity index (χ1) is 13.3. The van der Waals surface area contributed by atoms with Gasteiger partial charge in [-0.3, -0.25) is 4.79 Å². The second-order valence-electron chi connectivity index (χ2n) is 7.09. The standard InChI is InChI=1S/C19H25F3N4O2/c1-2-28-17(27)13-5-8-25(9-6-13)16-11-15(19(20,21)22)4-3-14(16)12-26-10-7-24-18(26)23/h3,7,10-11,13,15H,2,4-6,8-9,12H2,1H3,(H2,23,24). The molecular formula is C19H25F3N4O2. The number of allylic oxidation sites excluding steroid dienone is 3. The number of carbonyl (C=O) groups is 1. The van der Waals surface area contributed by atoms with Crippen molar-refractivity contribution in [3.8, 4) is 0 Å². The normalized spacial score (nSPS) is 21.3. The highest BCUT2D eigenvalue weighted by atomic mass is 19.4. The first-order valence-corrected chi connectivity index (χ1v) is 9.45. The number of ether oxygens (including phenoxy) is 1. The highest BCUT2D eigenvalue weighted by Crippen LogP contribution is 2.38. The lowest BCUT2D eigenvalue weighted by atomic mass is 9.90. The number of nitrogens with two attached hydrogens (primary N) is 1. The minimum Gasteiger partial charge on any atom is -0.466 e. The average Bonchev–Trinajstić information content (AvgIpc) is 3.06. The molecule has 0 amide bonds. The van der Waals surface area contributed by atoms with Gasteiger partial charge in [-0.15, -0.1) is 0 Å². The second kappa shape index (κ2) is 8.28. The summed E-state index contributed by atoms with van der Waals surface area (Å²) in [5, 5.41) is 0. The molecule has 0 aromatic carbocycles. The maximum absolute atomic E-state index is 13.3. The van der Waals surface area contributed by atoms with Gasteiger partial charge in [-0.05, 0) is 37.8 Å². The van der Waals surface area contributed by atoms with Gasteiger partial charge in [0.2, 0.25) is 0 Å². The number of carbonyl (C=O) groups excluding carboxylic acids is 1. The number of halogens is 3. The largest absolute Gasteiger partial charge is 0.466 e. The zero-order chi connectivity index (χ0) is 20.3. The van der Waals surface area contributed by atoms with E-state index in [1.165, 1.54) is 6.08 Å². The minimum atomic E-state index is -4.29. The molecule has 2 heterocycles. The van der Waals surface area contributed by atoms with Crippen LogP contribution in [0.5, 0.6) is 0 Å². The SMILES string of the molecule is CCOC(=O)C1CCN(C2=CC(C(F)(F)F)CC=C2Cn2ccnc2N)CC1. The van der Waals surface area contributed by atoms with Gasteiger partial charge in [0, 0.05) is 31.2 Å². The van der Waals surface area contributed by atoms with Gasteiger partial charge in [-0.25, -0.2) is 4.98 Å². The summed E-state index contributed by atoms with van der Waals surface area (Å²) in [6.45, 7) is 3.47. The number of anilines is 1. The number of aromatic nitrogens is 2. The molecule has 9 heteroatoms. The molecule has 2 N–H and O–H groups in total. The molecule has 1 aliphatic heterocycles. The van der Waals surface area contributed by atoms with Crippen LogP contribution in [0.25, 0.3) is 0 Å². The number of nitrogens with zero attached hydrogens (tertiary/aromatic N) is 3. The third kappa shape index (κ3) is 4.51. The van der Waals surface area contributed by atoms with Gasteiger partial charge in [0.15, 0.2) is 5.95 Å². The lowest BCUT2D eigenvalue weighted by Crippen LogP contribution is -2.38. The molecule has 28 heavy (non-hydrogen) atoms. The fourth-order valence-electron chi connectivity index (χ4n) is 3.70. The highest BCUT2D eigenvalue weighted by Gasteiger charge is 2.40. The van der Waals surface area contributed by atoms with Gasteiger partial charge >= 0.3 is 12.1 Å². The van der Waals surface area contributed by atoms with Crippen molar-refractivity contribution in [2.75, 3.05) is 25.4 Å². The number of nitrogen functional groups attached to an aromatic ring is 1. The summed E-state index contributed by atoms with van der Waals surface area (Å²) in [7, 11) is 0. The van der Waals surface area contributed by atoms with E-state index >= 15 is 0 Å². The van der Waals surface area contributed by atoms with E-state index in [1.54, 1.807) is 30.0 Å². The van der Waals surface area contributed by atoms with E-state index in [2.05, 4.69) is 4.98 Å². The van der Waals surface area contributed by atoms with Crippen LogP contribution in [0.1, 0.15) is 26.2 Å². The van der Waals surface area contributed by atoms with Crippen LogP contribution in [0.2, 0.25) is 0 Å². The fraction of sp³-hybridized carbons (Fsp3) is 0.579. The molecule has 1 saturated heterocycles. The molecule has 1 aromatic rings. The lowest BCUT2D eigenvalue weighted by Gasteiger charge is -2.37. The van der Waals surface area contributed by atoms with Crippen molar-refractivity contribution in [2.24, 2.45) is 11.8 Å². The monoisotopic (exact) mass is 398 g/mol. The summed E-state index contributed by atoms with van der Waals surface area (Å²) in [6, 6.07) is 0. The van der Waals surface area contributed by atoms with Gasteiger partial charge in [0.25, 0.3) is 0 Å². The summed E-state index contributed by atoms with van der Waals surface area (Å²) >= 11 is 0. The van der Waals surface area contributed by atoms with E-state index in [9.17, 15) is 18.0 Å². The summed E-state index contributed by atoms with van der Waals surface area (Å²) in [4.78, 5) is 17.8. The molecule has 1 aromatic heterocycles. The van der Waals surface area contributed by atoms with Gasteiger partial charge < -0.3 is 19.9 Å². The molecule has 0 bridgehead atoms. The summed E-state index contributed by atoms with van der Waals surface area (Å²) in [6.07, 6.45) is 2.97. The minimum absolute atomic E-state index is 0.0871. The number of alkyl halides is 3. The van der Waals surface area contributed by atoms with Gasteiger partial charge in [0.1, 0.15) is 0 Å². The van der Waals surface area contributed by atoms with E-state index in [4.69, 9.17) is 10.5 Å². The Morgan fingerprint density at radius 1 is 1.36 bits per heavy atom. The molecule has 0 spiro atoms. The Balaban J connectivity index is 1.77. The van der Waals surface area contributed by atoms with Crippen LogP contribution >= 0.6 is 0 Å². The Hall–Kier alpha value is -2.45. The molecule has 154 valence electrons. The van der Waals surface area contributed by atoms with Gasteiger partial charge in [-0.2, -0.15) is 13.2 Å². The number of hydrogen-bond donors (Lipinski definition) is 1. The third-order valence-corrected chi connectivity index (χ3v) is 5.27. The highest BCUT2D eigenvalue weighted by molar-refractivity contribution is 5.72. The number of rotatable bonds is 5. The topological polar surface area (TPSA) is 73.4 Å². The average molecular weight is 398 g/mol. The van der Waals surface area contributed by atoms with Crippen molar-refractivity contribution in [1.82, 2.24) is 14.5 Å². The van der Waals surface area contributed by atoms with Crippen molar-refractivity contribution in [3.05, 3.63) is 35.8 Å².